The van der Waals surface area contributed by atoms with Gasteiger partial charge in [0.2, 0.25) is 0 Å². The van der Waals surface area contributed by atoms with E-state index in [4.69, 9.17) is 24.9 Å². The lowest BCUT2D eigenvalue weighted by atomic mass is 10.2. The van der Waals surface area contributed by atoms with Crippen LogP contribution in [0.1, 0.15) is 41.0 Å². The van der Waals surface area contributed by atoms with E-state index in [1.807, 2.05) is 34.6 Å². The summed E-state index contributed by atoms with van der Waals surface area (Å²) in [5, 5.41) is 0. The zero-order valence-corrected chi connectivity index (χ0v) is 12.9. The fraction of sp³-hybridized carbons (Fsp3) is 1.00. The molecule has 0 spiro atoms. The van der Waals surface area contributed by atoms with Crippen LogP contribution in [0.5, 0.6) is 0 Å². The summed E-state index contributed by atoms with van der Waals surface area (Å²) in [6.07, 6.45) is 0.865. The highest BCUT2D eigenvalue weighted by atomic mass is 35.5. The summed E-state index contributed by atoms with van der Waals surface area (Å²) in [5.74, 6) is 0.613. The van der Waals surface area contributed by atoms with Gasteiger partial charge in [-0.15, -0.1) is 11.6 Å². The molecule has 0 rings (SSSR count). The Kier molecular flexibility index (Phi) is 7.85. The maximum Gasteiger partial charge on any atom is 0.501 e. The number of hydrogen-bond donors (Lipinski definition) is 0. The number of alkyl halides is 1. The molecule has 0 aromatic rings. The molecule has 0 fully saturated rings. The summed E-state index contributed by atoms with van der Waals surface area (Å²) in [6.45, 7) is 11.2. The fourth-order valence-electron chi connectivity index (χ4n) is 1.49. The molecule has 0 aliphatic heterocycles. The minimum Gasteiger partial charge on any atom is -0.374 e. The van der Waals surface area contributed by atoms with Crippen molar-refractivity contribution in [1.82, 2.24) is 0 Å². The summed E-state index contributed by atoms with van der Waals surface area (Å²) in [5.41, 5.74) is -0.247. The monoisotopic (exact) mass is 268 g/mol. The Bertz CT molecular complexity index is 177. The van der Waals surface area contributed by atoms with Gasteiger partial charge in [0.25, 0.3) is 0 Å². The van der Waals surface area contributed by atoms with Crippen molar-refractivity contribution < 1.29 is 13.3 Å². The summed E-state index contributed by atoms with van der Waals surface area (Å²) in [6, 6.07) is 0.787. The van der Waals surface area contributed by atoms with Crippen LogP contribution >= 0.6 is 11.6 Å². The molecule has 0 aliphatic carbocycles. The smallest absolute Gasteiger partial charge is 0.374 e. The van der Waals surface area contributed by atoms with Crippen molar-refractivity contribution >= 4 is 20.4 Å². The normalized spacial score (nSPS) is 13.1. The molecule has 0 bridgehead atoms. The third-order valence-corrected chi connectivity index (χ3v) is 5.42. The van der Waals surface area contributed by atoms with Crippen molar-refractivity contribution in [3.05, 3.63) is 0 Å². The topological polar surface area (TPSA) is 27.7 Å². The van der Waals surface area contributed by atoms with Crippen LogP contribution in [0.2, 0.25) is 6.04 Å². The third kappa shape index (κ3) is 6.86. The molecule has 16 heavy (non-hydrogen) atoms. The van der Waals surface area contributed by atoms with Crippen molar-refractivity contribution in [1.29, 1.82) is 0 Å². The minimum atomic E-state index is -2.54. The van der Waals surface area contributed by atoms with Crippen molar-refractivity contribution in [3.8, 4) is 0 Å². The molecule has 0 saturated heterocycles. The Hall–Kier alpha value is 0.387. The maximum absolute atomic E-state index is 6.04. The van der Waals surface area contributed by atoms with Gasteiger partial charge < -0.3 is 13.3 Å². The first-order valence-corrected chi connectivity index (χ1v) is 8.40. The van der Waals surface area contributed by atoms with E-state index in [1.54, 1.807) is 0 Å². The van der Waals surface area contributed by atoms with Gasteiger partial charge in [0, 0.05) is 25.1 Å². The molecule has 0 saturated carbocycles. The lowest BCUT2D eigenvalue weighted by molar-refractivity contribution is -0.000535. The number of halogens is 1. The zero-order valence-electron chi connectivity index (χ0n) is 11.1. The first-order valence-electron chi connectivity index (χ1n) is 5.93. The van der Waals surface area contributed by atoms with E-state index in [1.165, 1.54) is 0 Å². The van der Waals surface area contributed by atoms with E-state index >= 15 is 0 Å². The molecular formula is C11H25ClO3Si. The highest BCUT2D eigenvalue weighted by molar-refractivity contribution is 6.60. The molecule has 0 amide bonds. The van der Waals surface area contributed by atoms with Gasteiger partial charge in [-0.2, -0.15) is 0 Å². The average Bonchev–Trinajstić information content (AvgIpc) is 2.13. The van der Waals surface area contributed by atoms with Crippen molar-refractivity contribution in [2.45, 2.75) is 52.7 Å². The Morgan fingerprint density at radius 1 is 1.06 bits per heavy atom. The Labute approximate surface area is 106 Å². The van der Waals surface area contributed by atoms with Crippen LogP contribution in [0.25, 0.3) is 0 Å². The van der Waals surface area contributed by atoms with E-state index in [0.717, 1.165) is 12.5 Å². The van der Waals surface area contributed by atoms with Crippen molar-refractivity contribution in [2.24, 2.45) is 0 Å². The van der Waals surface area contributed by atoms with E-state index in [-0.39, 0.29) is 5.60 Å². The van der Waals surface area contributed by atoms with E-state index < -0.39 is 8.80 Å². The summed E-state index contributed by atoms with van der Waals surface area (Å²) in [4.78, 5) is 0. The van der Waals surface area contributed by atoms with Crippen LogP contribution in [0.4, 0.5) is 0 Å². The van der Waals surface area contributed by atoms with Gasteiger partial charge in [0.1, 0.15) is 0 Å². The largest absolute Gasteiger partial charge is 0.501 e. The SMILES string of the molecule is CCO[Si](CCCCl)(OCC)OC(C)(C)C. The Balaban J connectivity index is 4.62. The third-order valence-electron chi connectivity index (χ3n) is 1.81. The molecule has 0 aromatic heterocycles. The van der Waals surface area contributed by atoms with Gasteiger partial charge in [-0.25, -0.2) is 0 Å². The predicted octanol–water partition coefficient (Wildman–Crippen LogP) is 3.44. The van der Waals surface area contributed by atoms with Gasteiger partial charge in [-0.3, -0.25) is 0 Å². The van der Waals surface area contributed by atoms with Crippen LogP contribution in [-0.2, 0) is 13.3 Å². The van der Waals surface area contributed by atoms with Gasteiger partial charge in [-0.1, -0.05) is 0 Å². The molecule has 98 valence electrons. The molecule has 0 unspecified atom stereocenters. The molecule has 0 aromatic carbocycles. The molecule has 5 heteroatoms. The average molecular weight is 269 g/mol. The van der Waals surface area contributed by atoms with Crippen LogP contribution < -0.4 is 0 Å². The Morgan fingerprint density at radius 2 is 1.56 bits per heavy atom. The molecule has 0 N–H and O–H groups in total. The predicted molar refractivity (Wildman–Crippen MR) is 70.0 cm³/mol. The highest BCUT2D eigenvalue weighted by Gasteiger charge is 2.43. The zero-order chi connectivity index (χ0) is 12.7. The molecule has 0 heterocycles. The Morgan fingerprint density at radius 3 is 1.88 bits per heavy atom. The first kappa shape index (κ1) is 16.4. The number of rotatable bonds is 8. The molecule has 0 aliphatic rings. The highest BCUT2D eigenvalue weighted by Crippen LogP contribution is 2.24. The first-order chi connectivity index (χ1) is 7.39. The van der Waals surface area contributed by atoms with E-state index in [0.29, 0.717) is 19.1 Å². The van der Waals surface area contributed by atoms with Crippen LogP contribution in [-0.4, -0.2) is 33.5 Å². The van der Waals surface area contributed by atoms with E-state index in [2.05, 4.69) is 0 Å². The molecule has 0 radical (unpaired) electrons. The summed E-state index contributed by atoms with van der Waals surface area (Å²) >= 11 is 5.73. The molecule has 0 atom stereocenters. The standard InChI is InChI=1S/C11H25ClO3Si/c1-6-13-16(14-7-2,10-8-9-12)15-11(3,4)5/h6-10H2,1-5H3. The van der Waals surface area contributed by atoms with Gasteiger partial charge in [0.05, 0.1) is 5.60 Å². The van der Waals surface area contributed by atoms with Gasteiger partial charge in [-0.05, 0) is 41.0 Å². The lowest BCUT2D eigenvalue weighted by Gasteiger charge is -2.35. The minimum absolute atomic E-state index is 0.247. The van der Waals surface area contributed by atoms with Crippen LogP contribution in [0.3, 0.4) is 0 Å². The van der Waals surface area contributed by atoms with Gasteiger partial charge >= 0.3 is 8.80 Å². The summed E-state index contributed by atoms with van der Waals surface area (Å²) < 4.78 is 17.6. The molecular weight excluding hydrogens is 244 g/mol. The quantitative estimate of drug-likeness (QED) is 0.499. The second-order valence-corrected chi connectivity index (χ2v) is 7.58. The number of hydrogen-bond acceptors (Lipinski definition) is 3. The van der Waals surface area contributed by atoms with Crippen LogP contribution in [0.15, 0.2) is 0 Å². The second-order valence-electron chi connectivity index (χ2n) is 4.56. The van der Waals surface area contributed by atoms with E-state index in [9.17, 15) is 0 Å². The van der Waals surface area contributed by atoms with Crippen molar-refractivity contribution in [2.75, 3.05) is 19.1 Å². The molecule has 3 nitrogen and oxygen atoms in total. The summed E-state index contributed by atoms with van der Waals surface area (Å²) in [7, 11) is -2.54. The fourth-order valence-corrected chi connectivity index (χ4v) is 4.86. The maximum atomic E-state index is 6.04. The van der Waals surface area contributed by atoms with Crippen LogP contribution in [0, 0.1) is 0 Å². The second kappa shape index (κ2) is 7.66. The van der Waals surface area contributed by atoms with Gasteiger partial charge in [0.15, 0.2) is 0 Å². The lowest BCUT2D eigenvalue weighted by Crippen LogP contribution is -2.50. The van der Waals surface area contributed by atoms with Crippen molar-refractivity contribution in [3.63, 3.8) is 0 Å².